The van der Waals surface area contributed by atoms with Crippen LogP contribution in [0.5, 0.6) is 0 Å². The summed E-state index contributed by atoms with van der Waals surface area (Å²) in [7, 11) is -17.4. The first-order chi connectivity index (χ1) is 34.0. The zero-order valence-electron chi connectivity index (χ0n) is 37.6. The van der Waals surface area contributed by atoms with E-state index in [0.717, 1.165) is 0 Å². The molecule has 0 radical (unpaired) electrons. The average molecular weight is 1070 g/mol. The van der Waals surface area contributed by atoms with Gasteiger partial charge in [-0.2, -0.15) is 13.6 Å². The van der Waals surface area contributed by atoms with Crippen molar-refractivity contribution in [1.82, 2.24) is 14.5 Å². The summed E-state index contributed by atoms with van der Waals surface area (Å²) in [5, 5.41) is 9.73. The number of H-pyrrole nitrogens is 1. The van der Waals surface area contributed by atoms with E-state index in [1.165, 1.54) is 61.0 Å². The third-order valence-corrected chi connectivity index (χ3v) is 13.5. The summed E-state index contributed by atoms with van der Waals surface area (Å²) < 4.78 is 77.2. The third-order valence-electron chi connectivity index (χ3n) is 9.72. The molecule has 72 heavy (non-hydrogen) atoms. The Morgan fingerprint density at radius 2 is 1.65 bits per heavy atom. The number of carbonyl (C=O) groups excluding carboxylic acids is 3. The largest absolute Gasteiger partial charge is 0.490 e. The van der Waals surface area contributed by atoms with Crippen molar-refractivity contribution in [3.63, 3.8) is 0 Å². The lowest BCUT2D eigenvalue weighted by Gasteiger charge is -2.21. The molecule has 10 N–H and O–H groups in total. The third kappa shape index (κ3) is 16.0. The van der Waals surface area contributed by atoms with Crippen LogP contribution >= 0.6 is 23.5 Å². The van der Waals surface area contributed by atoms with Crippen LogP contribution in [0.1, 0.15) is 76.0 Å². The van der Waals surface area contributed by atoms with E-state index < -0.39 is 90.6 Å². The minimum Gasteiger partial charge on any atom is -0.456 e. The molecule has 2 aromatic carbocycles. The number of amides is 1. The van der Waals surface area contributed by atoms with Crippen molar-refractivity contribution in [2.75, 3.05) is 57.2 Å². The first-order valence-corrected chi connectivity index (χ1v) is 25.2. The summed E-state index contributed by atoms with van der Waals surface area (Å²) >= 11 is 0. The SMILES string of the molecule is CC(N=[N+]=[N-])c1cc(NC(=O)COCCOCCN)ccc1C(=O)OCC#Cc1cn([C@H]2CC(OC(=O)c3ccccc3C(C)N=[N+]=[N-])[C@@H](COP(=O)(O)OP(=O)(O)OP(=O)(O)O)O2)c2nc(N)[nH]c(=O)c12. The van der Waals surface area contributed by atoms with Gasteiger partial charge in [-0.05, 0) is 46.5 Å². The zero-order valence-corrected chi connectivity index (χ0v) is 40.3. The smallest absolute Gasteiger partial charge is 0.456 e. The van der Waals surface area contributed by atoms with Crippen molar-refractivity contribution < 1.29 is 84.5 Å². The van der Waals surface area contributed by atoms with Crippen LogP contribution in [0.25, 0.3) is 31.9 Å². The number of carbonyl (C=O) groups is 3. The highest BCUT2D eigenvalue weighted by molar-refractivity contribution is 7.66. The van der Waals surface area contributed by atoms with Gasteiger partial charge in [0.15, 0.2) is 12.3 Å². The van der Waals surface area contributed by atoms with E-state index in [4.69, 9.17) is 60.5 Å². The normalized spacial score (nSPS) is 18.0. The molecule has 1 amide bonds. The number of hydrogen-bond acceptors (Lipinski definition) is 20. The van der Waals surface area contributed by atoms with E-state index >= 15 is 0 Å². The Balaban J connectivity index is 1.40. The Morgan fingerprint density at radius 1 is 0.972 bits per heavy atom. The number of hydrogen-bond donors (Lipinski definition) is 8. The van der Waals surface area contributed by atoms with Gasteiger partial charge in [-0.25, -0.2) is 23.3 Å². The standard InChI is InChI=1S/C38H45N12O19P3/c1-21(46-48-41)25-7-3-4-8-26(25)37(54)67-29-17-32(66-30(29)19-65-71(58,59)69-72(60,61)68-70(55,56)57)50-18-23(33-34(50)44-38(40)45-35(33)52)6-5-12-64-36(53)27-10-9-24(16-28(27)22(2)47-49-42)43-31(51)20-63-15-14-62-13-11-39/h3-4,7-10,16,18,21-22,29-30,32H,11-15,17,19-20,39H2,1-2H3,(H,43,51)(H,58,59)(H,60,61)(H2,55,56,57)(H3,40,44,45,52)/t21?,22?,29?,30-,32-/m1/s1. The van der Waals surface area contributed by atoms with Gasteiger partial charge in [-0.3, -0.25) is 19.1 Å². The van der Waals surface area contributed by atoms with Gasteiger partial charge in [0.25, 0.3) is 5.56 Å². The number of aromatic amines is 1. The van der Waals surface area contributed by atoms with Crippen LogP contribution in [0.4, 0.5) is 11.6 Å². The molecule has 5 unspecified atom stereocenters. The quantitative estimate of drug-likeness (QED) is 0.00933. The molecule has 7 atom stereocenters. The summed E-state index contributed by atoms with van der Waals surface area (Å²) in [5.74, 6) is 2.52. The molecule has 2 aromatic heterocycles. The number of aromatic nitrogens is 3. The number of ether oxygens (including phenoxy) is 5. The lowest BCUT2D eigenvalue weighted by molar-refractivity contribution is -0.121. The topological polar surface area (TPSA) is 469 Å². The van der Waals surface area contributed by atoms with Crippen molar-refractivity contribution in [2.24, 2.45) is 16.0 Å². The first-order valence-electron chi connectivity index (χ1n) is 20.7. The van der Waals surface area contributed by atoms with Crippen LogP contribution in [0.3, 0.4) is 0 Å². The van der Waals surface area contributed by atoms with Crippen LogP contribution < -0.4 is 22.3 Å². The summed E-state index contributed by atoms with van der Waals surface area (Å²) in [4.78, 5) is 103. The summed E-state index contributed by atoms with van der Waals surface area (Å²) in [6.07, 6.45) is -3.38. The number of fused-ring (bicyclic) bond motifs is 1. The van der Waals surface area contributed by atoms with Gasteiger partial charge in [-0.1, -0.05) is 54.1 Å². The fraction of sp³-hybridized carbons (Fsp3) is 0.395. The summed E-state index contributed by atoms with van der Waals surface area (Å²) in [5.41, 5.74) is 29.0. The molecular formula is C38H45N12O19P3. The van der Waals surface area contributed by atoms with E-state index in [1.807, 2.05) is 0 Å². The second-order valence-electron chi connectivity index (χ2n) is 14.8. The number of nitrogen functional groups attached to an aromatic ring is 1. The van der Waals surface area contributed by atoms with E-state index in [1.54, 1.807) is 6.07 Å². The maximum atomic E-state index is 13.7. The van der Waals surface area contributed by atoms with Crippen molar-refractivity contribution in [3.8, 4) is 11.8 Å². The number of nitrogens with two attached hydrogens (primary N) is 2. The van der Waals surface area contributed by atoms with Crippen molar-refractivity contribution in [2.45, 2.75) is 50.8 Å². The van der Waals surface area contributed by atoms with Crippen LogP contribution in [0.2, 0.25) is 0 Å². The Kier molecular flexibility index (Phi) is 19.8. The maximum Gasteiger partial charge on any atom is 0.490 e. The molecule has 0 bridgehead atoms. The number of azide groups is 2. The minimum atomic E-state index is -5.94. The molecule has 4 aromatic rings. The molecule has 1 saturated heterocycles. The predicted molar refractivity (Wildman–Crippen MR) is 247 cm³/mol. The molecule has 0 aliphatic carbocycles. The molecular weight excluding hydrogens is 1020 g/mol. The van der Waals surface area contributed by atoms with Gasteiger partial charge in [0.2, 0.25) is 11.9 Å². The van der Waals surface area contributed by atoms with Crippen molar-refractivity contribution in [3.05, 3.63) is 108 Å². The van der Waals surface area contributed by atoms with Crippen LogP contribution in [-0.2, 0) is 55.3 Å². The Hall–Kier alpha value is -6.50. The van der Waals surface area contributed by atoms with E-state index in [9.17, 15) is 42.7 Å². The molecule has 0 saturated carbocycles. The number of phosphoric acid groups is 3. The zero-order chi connectivity index (χ0) is 52.8. The molecule has 5 rings (SSSR count). The lowest BCUT2D eigenvalue weighted by atomic mass is 10.0. The minimum absolute atomic E-state index is 0.0329. The van der Waals surface area contributed by atoms with E-state index in [-0.39, 0.29) is 76.7 Å². The molecule has 34 heteroatoms. The Morgan fingerprint density at radius 3 is 2.35 bits per heavy atom. The number of anilines is 2. The molecule has 1 aliphatic heterocycles. The van der Waals surface area contributed by atoms with Crippen molar-refractivity contribution in [1.29, 1.82) is 0 Å². The molecule has 1 fully saturated rings. The maximum absolute atomic E-state index is 13.7. The Labute approximate surface area is 405 Å². The highest BCUT2D eigenvalue weighted by Crippen LogP contribution is 2.66. The van der Waals surface area contributed by atoms with Gasteiger partial charge in [0, 0.05) is 34.7 Å². The van der Waals surface area contributed by atoms with E-state index in [2.05, 4.69) is 55.8 Å². The van der Waals surface area contributed by atoms with Gasteiger partial charge in [-0.15, -0.1) is 0 Å². The predicted octanol–water partition coefficient (Wildman–Crippen LogP) is 4.04. The fourth-order valence-electron chi connectivity index (χ4n) is 6.78. The second-order valence-corrected chi connectivity index (χ2v) is 19.2. The number of nitrogens with zero attached hydrogens (tertiary/aromatic N) is 8. The number of phosphoric ester groups is 1. The highest BCUT2D eigenvalue weighted by Gasteiger charge is 2.45. The molecule has 1 aliphatic rings. The highest BCUT2D eigenvalue weighted by atomic mass is 31.3. The van der Waals surface area contributed by atoms with Crippen LogP contribution in [0.15, 0.2) is 63.7 Å². The molecule has 31 nitrogen and oxygen atoms in total. The summed E-state index contributed by atoms with van der Waals surface area (Å²) in [6.45, 7) is 2.07. The van der Waals surface area contributed by atoms with Crippen LogP contribution in [-0.4, -0.2) is 110 Å². The van der Waals surface area contributed by atoms with Gasteiger partial charge in [0.1, 0.15) is 25.0 Å². The number of esters is 2. The van der Waals surface area contributed by atoms with Crippen molar-refractivity contribution >= 4 is 64.0 Å². The van der Waals surface area contributed by atoms with E-state index in [0.29, 0.717) is 13.2 Å². The van der Waals surface area contributed by atoms with Crippen LogP contribution in [0, 0.1) is 11.8 Å². The number of benzene rings is 2. The molecule has 0 spiro atoms. The molecule has 386 valence electrons. The monoisotopic (exact) mass is 1070 g/mol. The Bertz CT molecular complexity index is 3040. The van der Waals surface area contributed by atoms with Gasteiger partial charge < -0.3 is 64.6 Å². The second kappa shape index (κ2) is 25.2. The van der Waals surface area contributed by atoms with Gasteiger partial charge >= 0.3 is 35.4 Å². The average Bonchev–Trinajstić information content (AvgIpc) is 3.87. The number of nitrogens with one attached hydrogen (secondary N) is 2. The fourth-order valence-corrected chi connectivity index (χ4v) is 9.81. The molecule has 3 heterocycles. The lowest BCUT2D eigenvalue weighted by Crippen LogP contribution is -2.31. The van der Waals surface area contributed by atoms with Gasteiger partial charge in [0.05, 0.1) is 60.6 Å². The number of rotatable bonds is 24. The summed E-state index contributed by atoms with van der Waals surface area (Å²) in [6, 6.07) is 8.28. The first kappa shape index (κ1) is 56.4.